The Morgan fingerprint density at radius 3 is 2.58 bits per heavy atom. The van der Waals surface area contributed by atoms with Crippen molar-refractivity contribution in [2.45, 2.75) is 91.3 Å². The number of aliphatic hydroxyl groups is 1. The van der Waals surface area contributed by atoms with Crippen LogP contribution >= 0.6 is 0 Å². The van der Waals surface area contributed by atoms with Crippen molar-refractivity contribution in [3.8, 4) is 0 Å². The third-order valence-corrected chi connectivity index (χ3v) is 10.1. The molecule has 6 nitrogen and oxygen atoms in total. The van der Waals surface area contributed by atoms with E-state index in [4.69, 9.17) is 8.74 Å². The van der Waals surface area contributed by atoms with Crippen molar-refractivity contribution in [1.29, 1.82) is 0 Å². The van der Waals surface area contributed by atoms with Crippen LogP contribution in [0.2, 0.25) is 0 Å². The minimum atomic E-state index is -4.49. The largest absolute Gasteiger partial charge is 0.397 e. The zero-order valence-corrected chi connectivity index (χ0v) is 20.0. The Bertz CT molecular complexity index is 865. The number of hydrogen-bond acceptors (Lipinski definition) is 5. The first kappa shape index (κ1) is 23.4. The second kappa shape index (κ2) is 7.93. The Morgan fingerprint density at radius 1 is 1.23 bits per heavy atom. The zero-order valence-electron chi connectivity index (χ0n) is 19.2. The van der Waals surface area contributed by atoms with Gasteiger partial charge in [-0.25, -0.2) is 4.18 Å². The highest BCUT2D eigenvalue weighted by Gasteiger charge is 2.59. The highest BCUT2D eigenvalue weighted by Crippen LogP contribution is 2.66. The van der Waals surface area contributed by atoms with Gasteiger partial charge in [-0.15, -0.1) is 0 Å². The van der Waals surface area contributed by atoms with Crippen LogP contribution in [-0.4, -0.2) is 36.1 Å². The van der Waals surface area contributed by atoms with Crippen molar-refractivity contribution in [1.82, 2.24) is 0 Å². The van der Waals surface area contributed by atoms with Gasteiger partial charge in [0.2, 0.25) is 0 Å². The van der Waals surface area contributed by atoms with E-state index in [1.54, 1.807) is 6.92 Å². The molecule has 9 atom stereocenters. The second-order valence-electron chi connectivity index (χ2n) is 11.4. The van der Waals surface area contributed by atoms with Gasteiger partial charge in [-0.05, 0) is 92.3 Å². The first-order valence-corrected chi connectivity index (χ1v) is 13.3. The van der Waals surface area contributed by atoms with Gasteiger partial charge < -0.3 is 9.90 Å². The van der Waals surface area contributed by atoms with Crippen LogP contribution in [0.1, 0.15) is 79.1 Å². The van der Waals surface area contributed by atoms with Gasteiger partial charge in [0, 0.05) is 6.42 Å². The molecule has 0 aromatic rings. The van der Waals surface area contributed by atoms with Crippen LogP contribution in [0.25, 0.3) is 0 Å². The van der Waals surface area contributed by atoms with Crippen molar-refractivity contribution in [2.24, 2.45) is 40.4 Å². The molecule has 4 rings (SSSR count). The molecule has 0 aliphatic heterocycles. The molecule has 0 bridgehead atoms. The van der Waals surface area contributed by atoms with Gasteiger partial charge in [0.25, 0.3) is 0 Å². The first-order valence-electron chi connectivity index (χ1n) is 11.9. The van der Waals surface area contributed by atoms with E-state index in [0.29, 0.717) is 49.4 Å². The van der Waals surface area contributed by atoms with E-state index in [1.165, 1.54) is 5.57 Å². The summed E-state index contributed by atoms with van der Waals surface area (Å²) in [5.41, 5.74) is 1.46. The minimum absolute atomic E-state index is 0.0614. The first-order chi connectivity index (χ1) is 14.3. The molecule has 31 heavy (non-hydrogen) atoms. The number of carbonyl (C=O) groups is 1. The van der Waals surface area contributed by atoms with E-state index in [9.17, 15) is 18.3 Å². The summed E-state index contributed by atoms with van der Waals surface area (Å²) in [4.78, 5) is 11.8. The number of allylic oxidation sites excluding steroid dienone is 2. The van der Waals surface area contributed by atoms with Gasteiger partial charge in [0.05, 0.1) is 12.2 Å². The molecule has 0 unspecified atom stereocenters. The molecule has 3 fully saturated rings. The maximum atomic E-state index is 11.8. The maximum absolute atomic E-state index is 11.8. The number of aliphatic hydroxyl groups excluding tert-OH is 1. The van der Waals surface area contributed by atoms with Crippen LogP contribution in [-0.2, 0) is 19.4 Å². The summed E-state index contributed by atoms with van der Waals surface area (Å²) in [6.45, 7) is 8.54. The lowest BCUT2D eigenvalue weighted by atomic mass is 9.47. The molecule has 2 N–H and O–H groups in total. The van der Waals surface area contributed by atoms with Gasteiger partial charge in [-0.3, -0.25) is 4.55 Å². The third-order valence-electron chi connectivity index (χ3n) is 9.62. The highest BCUT2D eigenvalue weighted by atomic mass is 32.3. The quantitative estimate of drug-likeness (QED) is 0.473. The van der Waals surface area contributed by atoms with Crippen LogP contribution in [0.4, 0.5) is 0 Å². The van der Waals surface area contributed by atoms with E-state index < -0.39 is 22.6 Å². The lowest BCUT2D eigenvalue weighted by Gasteiger charge is -2.58. The lowest BCUT2D eigenvalue weighted by molar-refractivity contribution is -0.118. The minimum Gasteiger partial charge on any atom is -0.393 e. The number of Topliss-reactive ketones (excluding diaryl/α,β-unsaturated/α-hetero) is 1. The van der Waals surface area contributed by atoms with Crippen LogP contribution < -0.4 is 0 Å². The molecule has 4 aliphatic rings. The van der Waals surface area contributed by atoms with E-state index in [2.05, 4.69) is 26.8 Å². The van der Waals surface area contributed by atoms with Crippen molar-refractivity contribution in [3.05, 3.63) is 11.6 Å². The summed E-state index contributed by atoms with van der Waals surface area (Å²) in [5, 5.41) is 11.2. The highest BCUT2D eigenvalue weighted by molar-refractivity contribution is 7.80. The third kappa shape index (κ3) is 4.04. The Morgan fingerprint density at radius 2 is 1.94 bits per heavy atom. The number of carbonyl (C=O) groups excluding carboxylic acids is 1. The molecule has 0 heterocycles. The molecule has 3 saturated carbocycles. The van der Waals surface area contributed by atoms with E-state index >= 15 is 0 Å². The molecule has 0 amide bonds. The number of ketones is 1. The predicted molar refractivity (Wildman–Crippen MR) is 117 cm³/mol. The van der Waals surface area contributed by atoms with E-state index in [0.717, 1.165) is 25.7 Å². The van der Waals surface area contributed by atoms with Gasteiger partial charge in [-0.2, -0.15) is 8.42 Å². The number of fused-ring (bicyclic) bond motifs is 5. The smallest absolute Gasteiger partial charge is 0.393 e. The Labute approximate surface area is 186 Å². The normalized spacial score (nSPS) is 45.8. The van der Waals surface area contributed by atoms with Crippen molar-refractivity contribution < 1.29 is 27.1 Å². The van der Waals surface area contributed by atoms with E-state index in [-0.39, 0.29) is 22.5 Å². The fraction of sp³-hybridized carbons (Fsp3) is 0.875. The van der Waals surface area contributed by atoms with Crippen LogP contribution in [0.15, 0.2) is 11.6 Å². The van der Waals surface area contributed by atoms with Crippen molar-refractivity contribution in [3.63, 3.8) is 0 Å². The molecular formula is C24H38O6S. The van der Waals surface area contributed by atoms with Crippen molar-refractivity contribution in [2.75, 3.05) is 0 Å². The Hall–Kier alpha value is -0.760. The van der Waals surface area contributed by atoms with E-state index in [1.807, 2.05) is 0 Å². The van der Waals surface area contributed by atoms with Gasteiger partial charge >= 0.3 is 10.4 Å². The van der Waals surface area contributed by atoms with Crippen molar-refractivity contribution >= 4 is 16.2 Å². The monoisotopic (exact) mass is 454 g/mol. The molecule has 176 valence electrons. The average molecular weight is 455 g/mol. The molecule has 0 aromatic heterocycles. The fourth-order valence-electron chi connectivity index (χ4n) is 8.36. The molecule has 4 aliphatic carbocycles. The molecule has 0 spiro atoms. The van der Waals surface area contributed by atoms with Gasteiger partial charge in [-0.1, -0.05) is 32.4 Å². The van der Waals surface area contributed by atoms with Crippen LogP contribution in [0, 0.1) is 40.4 Å². The Balaban J connectivity index is 1.59. The SMILES string of the molecule is CC(=O)C[C@@H](C)[C@H]1CC[C@H]2[C@@H]3C[C@H](O)[C@H]4C[C@@H](OS(=O)(=O)O)CC[C@]4(C)C3=CC[C@]12C. The summed E-state index contributed by atoms with van der Waals surface area (Å²) >= 11 is 0. The zero-order chi connectivity index (χ0) is 22.8. The van der Waals surface area contributed by atoms with Gasteiger partial charge in [0.15, 0.2) is 0 Å². The molecule has 0 aromatic carbocycles. The summed E-state index contributed by atoms with van der Waals surface area (Å²) in [7, 11) is -4.49. The standard InChI is InChI=1S/C24H38O6S/c1-14(11-15(2)25)18-5-6-19-17-13-22(26)21-12-16(30-31(27,28)29)7-9-24(21,4)20(17)8-10-23(18,19)3/h8,14,16-19,21-22,26H,5-7,9-13H2,1-4H3,(H,27,28,29)/t14-,16+,17+,18-,19+,21-,22+,23-,24-/m1/s1. The van der Waals surface area contributed by atoms with Crippen LogP contribution in [0.5, 0.6) is 0 Å². The molecule has 0 saturated heterocycles. The van der Waals surface area contributed by atoms with Gasteiger partial charge in [0.1, 0.15) is 5.78 Å². The molecule has 7 heteroatoms. The second-order valence-corrected chi connectivity index (χ2v) is 12.4. The average Bonchev–Trinajstić information content (AvgIpc) is 2.99. The topological polar surface area (TPSA) is 101 Å². The number of hydrogen-bond donors (Lipinski definition) is 2. The summed E-state index contributed by atoms with van der Waals surface area (Å²) in [5.74, 6) is 1.98. The van der Waals surface area contributed by atoms with Crippen LogP contribution in [0.3, 0.4) is 0 Å². The Kier molecular flexibility index (Phi) is 5.98. The predicted octanol–water partition coefficient (Wildman–Crippen LogP) is 4.34. The molecule has 0 radical (unpaired) electrons. The summed E-state index contributed by atoms with van der Waals surface area (Å²) < 4.78 is 36.4. The molecular weight excluding hydrogens is 416 g/mol. The fourth-order valence-corrected chi connectivity index (χ4v) is 8.88. The maximum Gasteiger partial charge on any atom is 0.397 e. The number of rotatable bonds is 5. The summed E-state index contributed by atoms with van der Waals surface area (Å²) in [6, 6.07) is 0. The summed E-state index contributed by atoms with van der Waals surface area (Å²) in [6.07, 6.45) is 7.78. The lowest BCUT2D eigenvalue weighted by Crippen LogP contribution is -2.54.